The first-order chi connectivity index (χ1) is 6.90. The van der Waals surface area contributed by atoms with E-state index in [1.165, 1.54) is 12.8 Å². The summed E-state index contributed by atoms with van der Waals surface area (Å²) in [4.78, 5) is 11.4. The van der Waals surface area contributed by atoms with Crippen molar-refractivity contribution in [2.45, 2.75) is 51.7 Å². The van der Waals surface area contributed by atoms with E-state index in [1.807, 2.05) is 20.8 Å². The quantitative estimate of drug-likeness (QED) is 0.747. The number of amides is 1. The molecule has 0 saturated heterocycles. The fourth-order valence-electron chi connectivity index (χ4n) is 1.44. The highest BCUT2D eigenvalue weighted by Gasteiger charge is 2.26. The van der Waals surface area contributed by atoms with E-state index in [1.54, 1.807) is 0 Å². The Kier molecular flexibility index (Phi) is 3.97. The van der Waals surface area contributed by atoms with Gasteiger partial charge in [-0.25, -0.2) is 4.79 Å². The van der Waals surface area contributed by atoms with Gasteiger partial charge in [-0.2, -0.15) is 0 Å². The second-order valence-corrected chi connectivity index (χ2v) is 5.26. The van der Waals surface area contributed by atoms with Crippen molar-refractivity contribution in [2.75, 3.05) is 6.54 Å². The first kappa shape index (κ1) is 12.3. The Labute approximate surface area is 91.5 Å². The molecule has 1 amide bonds. The minimum Gasteiger partial charge on any atom is -0.444 e. The van der Waals surface area contributed by atoms with Crippen molar-refractivity contribution in [1.82, 2.24) is 5.32 Å². The van der Waals surface area contributed by atoms with Crippen LogP contribution in [0.2, 0.25) is 0 Å². The summed E-state index contributed by atoms with van der Waals surface area (Å²) in [6.45, 7) is 6.04. The van der Waals surface area contributed by atoms with Crippen LogP contribution in [0.3, 0.4) is 0 Å². The van der Waals surface area contributed by atoms with Crippen LogP contribution in [0.25, 0.3) is 0 Å². The Morgan fingerprint density at radius 2 is 2.13 bits per heavy atom. The molecule has 1 rings (SSSR count). The van der Waals surface area contributed by atoms with Gasteiger partial charge < -0.3 is 15.8 Å². The van der Waals surface area contributed by atoms with Crippen LogP contribution < -0.4 is 11.1 Å². The Hall–Kier alpha value is -0.770. The zero-order valence-electron chi connectivity index (χ0n) is 9.88. The molecule has 1 unspecified atom stereocenters. The van der Waals surface area contributed by atoms with Crippen molar-refractivity contribution in [2.24, 2.45) is 11.7 Å². The first-order valence-corrected chi connectivity index (χ1v) is 5.60. The van der Waals surface area contributed by atoms with Crippen LogP contribution in [0.15, 0.2) is 0 Å². The molecule has 0 aromatic heterocycles. The van der Waals surface area contributed by atoms with E-state index in [2.05, 4.69) is 5.32 Å². The molecule has 4 heteroatoms. The monoisotopic (exact) mass is 214 g/mol. The lowest BCUT2D eigenvalue weighted by molar-refractivity contribution is 0.0502. The topological polar surface area (TPSA) is 64.3 Å². The number of hydrogen-bond acceptors (Lipinski definition) is 3. The summed E-state index contributed by atoms with van der Waals surface area (Å²) >= 11 is 0. The highest BCUT2D eigenvalue weighted by molar-refractivity contribution is 5.68. The van der Waals surface area contributed by atoms with Crippen molar-refractivity contribution in [3.8, 4) is 0 Å². The van der Waals surface area contributed by atoms with Gasteiger partial charge in [0.05, 0.1) is 0 Å². The van der Waals surface area contributed by atoms with E-state index in [-0.39, 0.29) is 12.1 Å². The molecule has 15 heavy (non-hydrogen) atoms. The summed E-state index contributed by atoms with van der Waals surface area (Å²) in [5.74, 6) is 0.758. The predicted molar refractivity (Wildman–Crippen MR) is 59.6 cm³/mol. The minimum absolute atomic E-state index is 0.0624. The third kappa shape index (κ3) is 5.62. The maximum Gasteiger partial charge on any atom is 0.407 e. The molecule has 0 aromatic rings. The molecule has 1 aliphatic carbocycles. The summed E-state index contributed by atoms with van der Waals surface area (Å²) < 4.78 is 5.17. The number of alkyl carbamates (subject to hydrolysis) is 1. The Balaban J connectivity index is 2.27. The van der Waals surface area contributed by atoms with Crippen LogP contribution in [-0.4, -0.2) is 24.3 Å². The van der Waals surface area contributed by atoms with Gasteiger partial charge in [0, 0.05) is 12.6 Å². The number of carbonyl (C=O) groups is 1. The van der Waals surface area contributed by atoms with Crippen LogP contribution in [0.4, 0.5) is 4.79 Å². The van der Waals surface area contributed by atoms with Gasteiger partial charge in [-0.05, 0) is 33.1 Å². The fraction of sp³-hybridized carbons (Fsp3) is 0.909. The van der Waals surface area contributed by atoms with Crippen molar-refractivity contribution in [3.05, 3.63) is 0 Å². The second-order valence-electron chi connectivity index (χ2n) is 5.26. The molecule has 0 heterocycles. The summed E-state index contributed by atoms with van der Waals surface area (Å²) in [7, 11) is 0. The molecule has 1 saturated carbocycles. The summed E-state index contributed by atoms with van der Waals surface area (Å²) in [5.41, 5.74) is 5.15. The largest absolute Gasteiger partial charge is 0.444 e. The lowest BCUT2D eigenvalue weighted by Crippen LogP contribution is -2.43. The molecular weight excluding hydrogens is 192 g/mol. The molecule has 0 radical (unpaired) electrons. The maximum atomic E-state index is 11.4. The van der Waals surface area contributed by atoms with Gasteiger partial charge in [0.15, 0.2) is 0 Å². The molecule has 0 bridgehead atoms. The van der Waals surface area contributed by atoms with Gasteiger partial charge >= 0.3 is 6.09 Å². The van der Waals surface area contributed by atoms with Crippen molar-refractivity contribution >= 4 is 6.09 Å². The number of rotatable bonds is 4. The van der Waals surface area contributed by atoms with E-state index in [0.717, 1.165) is 12.3 Å². The number of nitrogens with two attached hydrogens (primary N) is 1. The Morgan fingerprint density at radius 3 is 2.53 bits per heavy atom. The summed E-state index contributed by atoms with van der Waals surface area (Å²) in [6.07, 6.45) is 3.16. The number of carbonyl (C=O) groups excluding carboxylic acids is 1. The van der Waals surface area contributed by atoms with E-state index in [4.69, 9.17) is 10.5 Å². The van der Waals surface area contributed by atoms with Gasteiger partial charge in [-0.1, -0.05) is 12.8 Å². The Morgan fingerprint density at radius 1 is 1.53 bits per heavy atom. The van der Waals surface area contributed by atoms with E-state index in [9.17, 15) is 4.79 Å². The average molecular weight is 214 g/mol. The third-order valence-electron chi connectivity index (χ3n) is 2.32. The lowest BCUT2D eigenvalue weighted by Gasteiger charge is -2.22. The van der Waals surface area contributed by atoms with Crippen molar-refractivity contribution < 1.29 is 9.53 Å². The standard InChI is InChI=1S/C11H22N2O2/c1-11(2,3)15-10(14)13-9(7-12)6-8-4-5-8/h8-9H,4-7,12H2,1-3H3,(H,13,14). The van der Waals surface area contributed by atoms with Crippen LogP contribution in [0.5, 0.6) is 0 Å². The number of ether oxygens (including phenoxy) is 1. The maximum absolute atomic E-state index is 11.4. The highest BCUT2D eigenvalue weighted by atomic mass is 16.6. The van der Waals surface area contributed by atoms with Gasteiger partial charge in [0.25, 0.3) is 0 Å². The van der Waals surface area contributed by atoms with E-state index in [0.29, 0.717) is 6.54 Å². The minimum atomic E-state index is -0.442. The Bertz CT molecular complexity index is 219. The summed E-state index contributed by atoms with van der Waals surface area (Å²) in [6, 6.07) is 0.0624. The average Bonchev–Trinajstić information content (AvgIpc) is 2.83. The molecule has 1 aliphatic rings. The van der Waals surface area contributed by atoms with Crippen LogP contribution in [-0.2, 0) is 4.74 Å². The zero-order valence-corrected chi connectivity index (χ0v) is 9.88. The van der Waals surface area contributed by atoms with Crippen molar-refractivity contribution in [1.29, 1.82) is 0 Å². The van der Waals surface area contributed by atoms with Gasteiger partial charge in [-0.3, -0.25) is 0 Å². The zero-order chi connectivity index (χ0) is 11.5. The van der Waals surface area contributed by atoms with Crippen LogP contribution in [0, 0.1) is 5.92 Å². The lowest BCUT2D eigenvalue weighted by atomic mass is 10.1. The molecule has 4 nitrogen and oxygen atoms in total. The predicted octanol–water partition coefficient (Wildman–Crippen LogP) is 1.64. The van der Waals surface area contributed by atoms with E-state index < -0.39 is 5.60 Å². The van der Waals surface area contributed by atoms with Crippen molar-refractivity contribution in [3.63, 3.8) is 0 Å². The first-order valence-electron chi connectivity index (χ1n) is 5.60. The van der Waals surface area contributed by atoms with Crippen LogP contribution >= 0.6 is 0 Å². The fourth-order valence-corrected chi connectivity index (χ4v) is 1.44. The van der Waals surface area contributed by atoms with Gasteiger partial charge in [0.1, 0.15) is 5.60 Å². The molecule has 0 aliphatic heterocycles. The van der Waals surface area contributed by atoms with Gasteiger partial charge in [0.2, 0.25) is 0 Å². The third-order valence-corrected chi connectivity index (χ3v) is 2.32. The SMILES string of the molecule is CC(C)(C)OC(=O)NC(CN)CC1CC1. The molecular formula is C11H22N2O2. The normalized spacial score (nSPS) is 18.4. The summed E-state index contributed by atoms with van der Waals surface area (Å²) in [5, 5.41) is 2.81. The second kappa shape index (κ2) is 4.84. The number of nitrogens with one attached hydrogen (secondary N) is 1. The van der Waals surface area contributed by atoms with Crippen LogP contribution in [0.1, 0.15) is 40.0 Å². The molecule has 88 valence electrons. The number of hydrogen-bond donors (Lipinski definition) is 2. The highest BCUT2D eigenvalue weighted by Crippen LogP contribution is 2.33. The molecule has 1 fully saturated rings. The molecule has 3 N–H and O–H groups in total. The molecule has 0 spiro atoms. The smallest absolute Gasteiger partial charge is 0.407 e. The molecule has 1 atom stereocenters. The molecule has 0 aromatic carbocycles. The van der Waals surface area contributed by atoms with Gasteiger partial charge in [-0.15, -0.1) is 0 Å². The van der Waals surface area contributed by atoms with E-state index >= 15 is 0 Å².